The van der Waals surface area contributed by atoms with E-state index in [0.717, 1.165) is 0 Å². The fraction of sp³-hybridized carbons (Fsp3) is 0.909. The SMILES string of the molecule is CC(C)CC(C1CC(=O)CCO1)C(F)(F)F. The summed E-state index contributed by atoms with van der Waals surface area (Å²) in [5.74, 6) is -1.71. The van der Waals surface area contributed by atoms with Crippen molar-refractivity contribution in [3.8, 4) is 0 Å². The topological polar surface area (TPSA) is 26.3 Å². The summed E-state index contributed by atoms with van der Waals surface area (Å²) in [5.41, 5.74) is 0. The number of ketones is 1. The molecule has 0 bridgehead atoms. The van der Waals surface area contributed by atoms with Crippen LogP contribution in [0.5, 0.6) is 0 Å². The Balaban J connectivity index is 2.71. The third kappa shape index (κ3) is 3.77. The highest BCUT2D eigenvalue weighted by Gasteiger charge is 2.46. The number of alkyl halides is 3. The van der Waals surface area contributed by atoms with Crippen molar-refractivity contribution in [1.29, 1.82) is 0 Å². The molecule has 2 atom stereocenters. The van der Waals surface area contributed by atoms with Gasteiger partial charge in [0, 0.05) is 12.8 Å². The van der Waals surface area contributed by atoms with Crippen LogP contribution < -0.4 is 0 Å². The number of ether oxygens (including phenoxy) is 1. The minimum Gasteiger partial charge on any atom is -0.377 e. The summed E-state index contributed by atoms with van der Waals surface area (Å²) in [6.07, 6.45) is -5.11. The van der Waals surface area contributed by atoms with Crippen LogP contribution in [0.25, 0.3) is 0 Å². The molecule has 1 heterocycles. The van der Waals surface area contributed by atoms with Gasteiger partial charge in [-0.2, -0.15) is 13.2 Å². The minimum atomic E-state index is -4.29. The Bertz CT molecular complexity index is 248. The van der Waals surface area contributed by atoms with E-state index in [2.05, 4.69) is 0 Å². The summed E-state index contributed by atoms with van der Waals surface area (Å²) in [6.45, 7) is 3.60. The van der Waals surface area contributed by atoms with Gasteiger partial charge in [-0.1, -0.05) is 13.8 Å². The van der Waals surface area contributed by atoms with Crippen molar-refractivity contribution in [2.24, 2.45) is 11.8 Å². The van der Waals surface area contributed by atoms with E-state index in [1.165, 1.54) is 0 Å². The molecular weight excluding hydrogens is 221 g/mol. The van der Waals surface area contributed by atoms with E-state index in [4.69, 9.17) is 4.74 Å². The number of Topliss-reactive ketones (excluding diaryl/α,β-unsaturated/α-hetero) is 1. The summed E-state index contributed by atoms with van der Waals surface area (Å²) in [5, 5.41) is 0. The molecule has 0 aromatic rings. The molecule has 0 saturated carbocycles. The highest BCUT2D eigenvalue weighted by molar-refractivity contribution is 5.79. The fourth-order valence-corrected chi connectivity index (χ4v) is 1.97. The van der Waals surface area contributed by atoms with Gasteiger partial charge in [0.15, 0.2) is 0 Å². The molecule has 0 radical (unpaired) electrons. The van der Waals surface area contributed by atoms with Crippen molar-refractivity contribution in [3.63, 3.8) is 0 Å². The summed E-state index contributed by atoms with van der Waals surface area (Å²) in [4.78, 5) is 11.1. The first kappa shape index (κ1) is 13.5. The standard InChI is InChI=1S/C11H17F3O2/c1-7(2)5-9(11(12,13)14)10-6-8(15)3-4-16-10/h7,9-10H,3-6H2,1-2H3. The van der Waals surface area contributed by atoms with E-state index in [9.17, 15) is 18.0 Å². The van der Waals surface area contributed by atoms with Crippen LogP contribution in [0.2, 0.25) is 0 Å². The second-order valence-electron chi connectivity index (χ2n) is 4.68. The smallest absolute Gasteiger partial charge is 0.377 e. The maximum atomic E-state index is 12.8. The third-order valence-electron chi connectivity index (χ3n) is 2.74. The maximum Gasteiger partial charge on any atom is 0.394 e. The molecule has 0 aromatic heterocycles. The molecule has 2 unspecified atom stereocenters. The van der Waals surface area contributed by atoms with E-state index in [-0.39, 0.29) is 37.6 Å². The van der Waals surface area contributed by atoms with Crippen LogP contribution in [0.4, 0.5) is 13.2 Å². The number of carbonyl (C=O) groups excluding carboxylic acids is 1. The van der Waals surface area contributed by atoms with Gasteiger partial charge < -0.3 is 4.74 Å². The second-order valence-corrected chi connectivity index (χ2v) is 4.68. The van der Waals surface area contributed by atoms with Gasteiger partial charge in [0.1, 0.15) is 5.78 Å². The largest absolute Gasteiger partial charge is 0.394 e. The van der Waals surface area contributed by atoms with Crippen LogP contribution in [0.15, 0.2) is 0 Å². The highest BCUT2D eigenvalue weighted by atomic mass is 19.4. The lowest BCUT2D eigenvalue weighted by atomic mass is 9.87. The first-order valence-electron chi connectivity index (χ1n) is 5.50. The van der Waals surface area contributed by atoms with Gasteiger partial charge in [-0.15, -0.1) is 0 Å². The Morgan fingerprint density at radius 3 is 2.50 bits per heavy atom. The van der Waals surface area contributed by atoms with E-state index in [0.29, 0.717) is 0 Å². The van der Waals surface area contributed by atoms with Crippen molar-refractivity contribution < 1.29 is 22.7 Å². The monoisotopic (exact) mass is 238 g/mol. The van der Waals surface area contributed by atoms with Gasteiger partial charge in [-0.3, -0.25) is 4.79 Å². The minimum absolute atomic E-state index is 0.0153. The van der Waals surface area contributed by atoms with Crippen LogP contribution >= 0.6 is 0 Å². The number of carbonyl (C=O) groups is 1. The van der Waals surface area contributed by atoms with Crippen LogP contribution in [0.3, 0.4) is 0 Å². The normalized spacial score (nSPS) is 24.9. The zero-order valence-corrected chi connectivity index (χ0v) is 9.51. The number of halogens is 3. The van der Waals surface area contributed by atoms with E-state index >= 15 is 0 Å². The third-order valence-corrected chi connectivity index (χ3v) is 2.74. The van der Waals surface area contributed by atoms with Gasteiger partial charge in [0.25, 0.3) is 0 Å². The van der Waals surface area contributed by atoms with Gasteiger partial charge in [0.2, 0.25) is 0 Å². The van der Waals surface area contributed by atoms with Gasteiger partial charge in [-0.25, -0.2) is 0 Å². The van der Waals surface area contributed by atoms with Crippen LogP contribution in [0, 0.1) is 11.8 Å². The summed E-state index contributed by atoms with van der Waals surface area (Å²) < 4.78 is 43.5. The van der Waals surface area contributed by atoms with Gasteiger partial charge in [-0.05, 0) is 12.3 Å². The lowest BCUT2D eigenvalue weighted by molar-refractivity contribution is -0.215. The van der Waals surface area contributed by atoms with Gasteiger partial charge >= 0.3 is 6.18 Å². The fourth-order valence-electron chi connectivity index (χ4n) is 1.97. The molecule has 1 fully saturated rings. The van der Waals surface area contributed by atoms with E-state index < -0.39 is 18.2 Å². The van der Waals surface area contributed by atoms with Crippen molar-refractivity contribution in [1.82, 2.24) is 0 Å². The average molecular weight is 238 g/mol. The van der Waals surface area contributed by atoms with Crippen LogP contribution in [-0.4, -0.2) is 24.7 Å². The molecule has 16 heavy (non-hydrogen) atoms. The van der Waals surface area contributed by atoms with Gasteiger partial charge in [0.05, 0.1) is 18.6 Å². The quantitative estimate of drug-likeness (QED) is 0.755. The van der Waals surface area contributed by atoms with E-state index in [1.807, 2.05) is 0 Å². The molecule has 1 saturated heterocycles. The summed E-state index contributed by atoms with van der Waals surface area (Å²) in [6, 6.07) is 0. The van der Waals surface area contributed by atoms with Crippen molar-refractivity contribution >= 4 is 5.78 Å². The molecule has 1 aliphatic heterocycles. The molecule has 5 heteroatoms. The van der Waals surface area contributed by atoms with Crippen LogP contribution in [-0.2, 0) is 9.53 Å². The number of hydrogen-bond acceptors (Lipinski definition) is 2. The molecule has 0 N–H and O–H groups in total. The first-order chi connectivity index (χ1) is 7.30. The van der Waals surface area contributed by atoms with Crippen molar-refractivity contribution in [2.45, 2.75) is 45.4 Å². The summed E-state index contributed by atoms with van der Waals surface area (Å²) >= 11 is 0. The Morgan fingerprint density at radius 2 is 2.06 bits per heavy atom. The maximum absolute atomic E-state index is 12.8. The van der Waals surface area contributed by atoms with E-state index in [1.54, 1.807) is 13.8 Å². The molecule has 0 amide bonds. The Labute approximate surface area is 93.2 Å². The zero-order chi connectivity index (χ0) is 12.3. The summed E-state index contributed by atoms with van der Waals surface area (Å²) in [7, 11) is 0. The second kappa shape index (κ2) is 5.17. The molecule has 1 aliphatic rings. The lowest BCUT2D eigenvalue weighted by Gasteiger charge is -2.32. The number of rotatable bonds is 3. The first-order valence-corrected chi connectivity index (χ1v) is 5.50. The Morgan fingerprint density at radius 1 is 1.44 bits per heavy atom. The Kier molecular flexibility index (Phi) is 4.35. The average Bonchev–Trinajstić information content (AvgIpc) is 2.12. The lowest BCUT2D eigenvalue weighted by Crippen LogP contribution is -2.40. The highest BCUT2D eigenvalue weighted by Crippen LogP contribution is 2.37. The molecule has 0 aromatic carbocycles. The van der Waals surface area contributed by atoms with Crippen molar-refractivity contribution in [2.75, 3.05) is 6.61 Å². The molecular formula is C11H17F3O2. The predicted molar refractivity (Wildman–Crippen MR) is 53.0 cm³/mol. The zero-order valence-electron chi connectivity index (χ0n) is 9.51. The number of hydrogen-bond donors (Lipinski definition) is 0. The molecule has 2 nitrogen and oxygen atoms in total. The molecule has 1 rings (SSSR count). The van der Waals surface area contributed by atoms with Crippen LogP contribution in [0.1, 0.15) is 33.1 Å². The molecule has 0 spiro atoms. The molecule has 94 valence electrons. The predicted octanol–water partition coefficient (Wildman–Crippen LogP) is 2.96. The Hall–Kier alpha value is -0.580. The van der Waals surface area contributed by atoms with Crippen molar-refractivity contribution in [3.05, 3.63) is 0 Å². The molecule has 0 aliphatic carbocycles.